The molecule has 1 atom stereocenters. The summed E-state index contributed by atoms with van der Waals surface area (Å²) in [6.07, 6.45) is 4.79. The van der Waals surface area contributed by atoms with E-state index in [-0.39, 0.29) is 12.3 Å². The van der Waals surface area contributed by atoms with Crippen LogP contribution in [-0.4, -0.2) is 24.2 Å². The Bertz CT molecular complexity index is 289. The number of carbonyl (C=O) groups is 2. The third-order valence-electron chi connectivity index (χ3n) is 1.73. The maximum atomic E-state index is 10.7. The van der Waals surface area contributed by atoms with E-state index in [1.165, 1.54) is 13.2 Å². The zero-order valence-electron chi connectivity index (χ0n) is 9.19. The highest BCUT2D eigenvalue weighted by Gasteiger charge is 2.03. The monoisotopic (exact) mass is 212 g/mol. The van der Waals surface area contributed by atoms with Gasteiger partial charge in [0.25, 0.3) is 0 Å². The second-order valence-corrected chi connectivity index (χ2v) is 3.34. The van der Waals surface area contributed by atoms with Crippen LogP contribution in [0.1, 0.15) is 20.3 Å². The Labute approximate surface area is 89.2 Å². The SMILES string of the molecule is COC(=O)/C=C/C(C)=C/[C@H](C)CC(=O)O. The minimum atomic E-state index is -0.830. The van der Waals surface area contributed by atoms with Gasteiger partial charge < -0.3 is 9.84 Å². The van der Waals surface area contributed by atoms with E-state index in [4.69, 9.17) is 5.11 Å². The van der Waals surface area contributed by atoms with Gasteiger partial charge in [0, 0.05) is 6.08 Å². The fourth-order valence-corrected chi connectivity index (χ4v) is 1.11. The van der Waals surface area contributed by atoms with Gasteiger partial charge in [0.05, 0.1) is 13.5 Å². The van der Waals surface area contributed by atoms with Gasteiger partial charge in [0.15, 0.2) is 0 Å². The smallest absolute Gasteiger partial charge is 0.330 e. The van der Waals surface area contributed by atoms with Gasteiger partial charge in [-0.25, -0.2) is 4.79 Å². The number of hydrogen-bond acceptors (Lipinski definition) is 3. The van der Waals surface area contributed by atoms with Crippen LogP contribution >= 0.6 is 0 Å². The molecule has 84 valence electrons. The number of carboxylic acid groups (broad SMARTS) is 1. The van der Waals surface area contributed by atoms with E-state index in [0.29, 0.717) is 0 Å². The number of ether oxygens (including phenoxy) is 1. The van der Waals surface area contributed by atoms with Gasteiger partial charge in [-0.05, 0) is 12.8 Å². The predicted molar refractivity (Wildman–Crippen MR) is 56.3 cm³/mol. The molecule has 0 aliphatic heterocycles. The molecular weight excluding hydrogens is 196 g/mol. The maximum Gasteiger partial charge on any atom is 0.330 e. The highest BCUT2D eigenvalue weighted by molar-refractivity contribution is 5.82. The average Bonchev–Trinajstić information content (AvgIpc) is 2.12. The van der Waals surface area contributed by atoms with Gasteiger partial charge in [-0.3, -0.25) is 4.79 Å². The summed E-state index contributed by atoms with van der Waals surface area (Å²) in [5.74, 6) is -1.30. The molecule has 0 aliphatic rings. The first-order chi connectivity index (χ1) is 6.95. The molecule has 0 aromatic carbocycles. The largest absolute Gasteiger partial charge is 0.481 e. The fraction of sp³-hybridized carbons (Fsp3) is 0.455. The summed E-state index contributed by atoms with van der Waals surface area (Å²) in [7, 11) is 1.30. The summed E-state index contributed by atoms with van der Waals surface area (Å²) in [6, 6.07) is 0. The van der Waals surface area contributed by atoms with Gasteiger partial charge in [-0.1, -0.05) is 24.6 Å². The van der Waals surface area contributed by atoms with Crippen LogP contribution in [0, 0.1) is 5.92 Å². The minimum absolute atomic E-state index is 0.0511. The van der Waals surface area contributed by atoms with Crippen LogP contribution in [-0.2, 0) is 14.3 Å². The second kappa shape index (κ2) is 6.81. The molecule has 0 aliphatic carbocycles. The lowest BCUT2D eigenvalue weighted by Crippen LogP contribution is -2.01. The Morgan fingerprint density at radius 1 is 1.40 bits per heavy atom. The molecule has 0 aromatic rings. The molecule has 0 saturated heterocycles. The summed E-state index contributed by atoms with van der Waals surface area (Å²) in [6.45, 7) is 3.61. The molecule has 0 spiro atoms. The number of esters is 1. The average molecular weight is 212 g/mol. The molecule has 0 fully saturated rings. The van der Waals surface area contributed by atoms with Crippen molar-refractivity contribution >= 4 is 11.9 Å². The van der Waals surface area contributed by atoms with Gasteiger partial charge in [-0.15, -0.1) is 0 Å². The fourth-order valence-electron chi connectivity index (χ4n) is 1.11. The number of aliphatic carboxylic acids is 1. The molecule has 0 radical (unpaired) electrons. The molecule has 4 nitrogen and oxygen atoms in total. The lowest BCUT2D eigenvalue weighted by molar-refractivity contribution is -0.137. The Hall–Kier alpha value is -1.58. The highest BCUT2D eigenvalue weighted by Crippen LogP contribution is 2.08. The molecular formula is C11H16O4. The predicted octanol–water partition coefficient (Wildman–Crippen LogP) is 1.77. The van der Waals surface area contributed by atoms with Gasteiger partial charge in [0.1, 0.15) is 0 Å². The normalized spacial score (nSPS) is 13.9. The quantitative estimate of drug-likeness (QED) is 0.428. The Kier molecular flexibility index (Phi) is 6.09. The lowest BCUT2D eigenvalue weighted by Gasteiger charge is -2.02. The maximum absolute atomic E-state index is 10.7. The Balaban J connectivity index is 4.24. The van der Waals surface area contributed by atoms with Gasteiger partial charge in [0.2, 0.25) is 0 Å². The van der Waals surface area contributed by atoms with E-state index in [2.05, 4.69) is 4.74 Å². The molecule has 0 heterocycles. The van der Waals surface area contributed by atoms with Crippen LogP contribution in [0.25, 0.3) is 0 Å². The second-order valence-electron chi connectivity index (χ2n) is 3.34. The van der Waals surface area contributed by atoms with E-state index >= 15 is 0 Å². The first-order valence-corrected chi connectivity index (χ1v) is 4.62. The van der Waals surface area contributed by atoms with Crippen molar-refractivity contribution in [2.45, 2.75) is 20.3 Å². The molecule has 0 unspecified atom stereocenters. The molecule has 0 rings (SSSR count). The molecule has 1 N–H and O–H groups in total. The van der Waals surface area contributed by atoms with E-state index in [0.717, 1.165) is 5.57 Å². The summed E-state index contributed by atoms with van der Waals surface area (Å²) in [5.41, 5.74) is 0.842. The number of carbonyl (C=O) groups excluding carboxylic acids is 1. The molecule has 15 heavy (non-hydrogen) atoms. The van der Waals surface area contributed by atoms with E-state index < -0.39 is 11.9 Å². The molecule has 0 amide bonds. The number of carboxylic acids is 1. The van der Waals surface area contributed by atoms with Crippen molar-refractivity contribution in [2.24, 2.45) is 5.92 Å². The van der Waals surface area contributed by atoms with E-state index in [1.54, 1.807) is 19.1 Å². The van der Waals surface area contributed by atoms with Crippen molar-refractivity contribution < 1.29 is 19.4 Å². The van der Waals surface area contributed by atoms with Gasteiger partial charge in [-0.2, -0.15) is 0 Å². The third-order valence-corrected chi connectivity index (χ3v) is 1.73. The number of rotatable bonds is 5. The van der Waals surface area contributed by atoms with Crippen molar-refractivity contribution in [2.75, 3.05) is 7.11 Å². The van der Waals surface area contributed by atoms with Crippen LogP contribution < -0.4 is 0 Å². The Morgan fingerprint density at radius 3 is 2.47 bits per heavy atom. The van der Waals surface area contributed by atoms with Crippen molar-refractivity contribution in [1.82, 2.24) is 0 Å². The number of allylic oxidation sites excluding steroid dienone is 3. The van der Waals surface area contributed by atoms with E-state index in [1.807, 2.05) is 6.92 Å². The standard InChI is InChI=1S/C11H16O4/c1-8(4-5-11(14)15-3)6-9(2)7-10(12)13/h4-6,9H,7H2,1-3H3,(H,12,13)/b5-4+,8-6+/t9-/m0/s1. The third kappa shape index (κ3) is 7.49. The molecule has 0 saturated carbocycles. The van der Waals surface area contributed by atoms with Crippen LogP contribution in [0.15, 0.2) is 23.8 Å². The number of methoxy groups -OCH3 is 1. The van der Waals surface area contributed by atoms with Crippen molar-refractivity contribution in [3.05, 3.63) is 23.8 Å². The zero-order chi connectivity index (χ0) is 11.8. The van der Waals surface area contributed by atoms with Crippen molar-refractivity contribution in [3.8, 4) is 0 Å². The summed E-state index contributed by atoms with van der Waals surface area (Å²) >= 11 is 0. The van der Waals surface area contributed by atoms with E-state index in [9.17, 15) is 9.59 Å². The first-order valence-electron chi connectivity index (χ1n) is 4.62. The summed E-state index contributed by atoms with van der Waals surface area (Å²) in [4.78, 5) is 21.1. The molecule has 4 heteroatoms. The van der Waals surface area contributed by atoms with Crippen molar-refractivity contribution in [1.29, 1.82) is 0 Å². The zero-order valence-corrected chi connectivity index (χ0v) is 9.19. The lowest BCUT2D eigenvalue weighted by atomic mass is 10.0. The highest BCUT2D eigenvalue weighted by atomic mass is 16.5. The molecule has 0 aromatic heterocycles. The van der Waals surface area contributed by atoms with Crippen LogP contribution in [0.4, 0.5) is 0 Å². The van der Waals surface area contributed by atoms with Gasteiger partial charge >= 0.3 is 11.9 Å². The number of hydrogen-bond donors (Lipinski definition) is 1. The molecule has 0 bridgehead atoms. The van der Waals surface area contributed by atoms with Crippen LogP contribution in [0.3, 0.4) is 0 Å². The summed E-state index contributed by atoms with van der Waals surface area (Å²) in [5, 5.41) is 8.53. The van der Waals surface area contributed by atoms with Crippen LogP contribution in [0.2, 0.25) is 0 Å². The van der Waals surface area contributed by atoms with Crippen LogP contribution in [0.5, 0.6) is 0 Å². The van der Waals surface area contributed by atoms with Crippen molar-refractivity contribution in [3.63, 3.8) is 0 Å². The Morgan fingerprint density at radius 2 is 2.00 bits per heavy atom. The first kappa shape index (κ1) is 13.4. The minimum Gasteiger partial charge on any atom is -0.481 e. The topological polar surface area (TPSA) is 63.6 Å². The summed E-state index contributed by atoms with van der Waals surface area (Å²) < 4.78 is 4.42.